The molecule has 17 heavy (non-hydrogen) atoms. The lowest BCUT2D eigenvalue weighted by atomic mass is 9.85. The van der Waals surface area contributed by atoms with Gasteiger partial charge in [0.25, 0.3) is 0 Å². The third-order valence-corrected chi connectivity index (χ3v) is 4.77. The van der Waals surface area contributed by atoms with Crippen LogP contribution in [0.4, 0.5) is 0 Å². The molecule has 0 saturated heterocycles. The van der Waals surface area contributed by atoms with Gasteiger partial charge in [0.1, 0.15) is 0 Å². The maximum Gasteiger partial charge on any atom is 0.237 e. The number of nitrogens with one attached hydrogen (secondary N) is 1. The SMILES string of the molecule is CCC(C)(NC(C)C1CC2C=CC1C2)C(N)=O. The molecule has 0 aliphatic heterocycles. The van der Waals surface area contributed by atoms with Gasteiger partial charge in [-0.15, -0.1) is 0 Å². The largest absolute Gasteiger partial charge is 0.368 e. The van der Waals surface area contributed by atoms with Crippen molar-refractivity contribution in [1.29, 1.82) is 0 Å². The Balaban J connectivity index is 1.99. The molecule has 0 radical (unpaired) electrons. The molecule has 0 aromatic rings. The van der Waals surface area contributed by atoms with Crippen molar-refractivity contribution in [2.75, 3.05) is 0 Å². The Morgan fingerprint density at radius 3 is 2.65 bits per heavy atom. The minimum absolute atomic E-state index is 0.245. The summed E-state index contributed by atoms with van der Waals surface area (Å²) in [6, 6.07) is 0.354. The number of carbonyl (C=O) groups excluding carboxylic acids is 1. The number of hydrogen-bond donors (Lipinski definition) is 2. The van der Waals surface area contributed by atoms with Crippen molar-refractivity contribution in [3.63, 3.8) is 0 Å². The molecule has 3 heteroatoms. The zero-order valence-corrected chi connectivity index (χ0v) is 11.1. The molecule has 96 valence electrons. The number of carbonyl (C=O) groups is 1. The van der Waals surface area contributed by atoms with Gasteiger partial charge in [-0.3, -0.25) is 4.79 Å². The highest BCUT2D eigenvalue weighted by Gasteiger charge is 2.41. The summed E-state index contributed by atoms with van der Waals surface area (Å²) in [5.41, 5.74) is 4.92. The molecule has 1 saturated carbocycles. The smallest absolute Gasteiger partial charge is 0.237 e. The maximum absolute atomic E-state index is 11.5. The highest BCUT2D eigenvalue weighted by molar-refractivity contribution is 5.84. The summed E-state index contributed by atoms with van der Waals surface area (Å²) in [5.74, 6) is 1.90. The van der Waals surface area contributed by atoms with Gasteiger partial charge in [-0.1, -0.05) is 19.1 Å². The van der Waals surface area contributed by atoms with Gasteiger partial charge in [0, 0.05) is 6.04 Å². The van der Waals surface area contributed by atoms with Gasteiger partial charge in [0.15, 0.2) is 0 Å². The normalized spacial score (nSPS) is 35.8. The van der Waals surface area contributed by atoms with Crippen molar-refractivity contribution in [3.8, 4) is 0 Å². The number of hydrogen-bond acceptors (Lipinski definition) is 2. The van der Waals surface area contributed by atoms with Gasteiger partial charge in [-0.2, -0.15) is 0 Å². The van der Waals surface area contributed by atoms with E-state index < -0.39 is 5.54 Å². The zero-order chi connectivity index (χ0) is 12.6. The summed E-state index contributed by atoms with van der Waals surface area (Å²) in [7, 11) is 0. The van der Waals surface area contributed by atoms with Crippen LogP contribution in [0.25, 0.3) is 0 Å². The Morgan fingerprint density at radius 1 is 1.53 bits per heavy atom. The molecule has 3 N–H and O–H groups in total. The van der Waals surface area contributed by atoms with Crippen molar-refractivity contribution in [2.45, 2.75) is 51.6 Å². The third-order valence-electron chi connectivity index (χ3n) is 4.77. The second kappa shape index (κ2) is 4.45. The van der Waals surface area contributed by atoms with E-state index in [1.54, 1.807) is 0 Å². The van der Waals surface area contributed by atoms with E-state index in [4.69, 9.17) is 5.73 Å². The van der Waals surface area contributed by atoms with Gasteiger partial charge in [-0.25, -0.2) is 0 Å². The highest BCUT2D eigenvalue weighted by Crippen LogP contribution is 2.45. The molecule has 1 amide bonds. The molecular weight excluding hydrogens is 212 g/mol. The van der Waals surface area contributed by atoms with Crippen LogP contribution in [-0.4, -0.2) is 17.5 Å². The van der Waals surface area contributed by atoms with E-state index in [0.29, 0.717) is 17.9 Å². The third kappa shape index (κ3) is 2.25. The van der Waals surface area contributed by atoms with E-state index in [9.17, 15) is 4.79 Å². The minimum Gasteiger partial charge on any atom is -0.368 e. The second-order valence-electron chi connectivity index (χ2n) is 5.93. The molecule has 3 nitrogen and oxygen atoms in total. The number of fused-ring (bicyclic) bond motifs is 2. The minimum atomic E-state index is -0.565. The first-order valence-electron chi connectivity index (χ1n) is 6.72. The molecule has 0 heterocycles. The number of nitrogens with two attached hydrogens (primary N) is 1. The number of rotatable bonds is 5. The fraction of sp³-hybridized carbons (Fsp3) is 0.786. The number of amides is 1. The van der Waals surface area contributed by atoms with E-state index in [2.05, 4.69) is 24.4 Å². The average Bonchev–Trinajstić information content (AvgIpc) is 2.90. The summed E-state index contributed by atoms with van der Waals surface area (Å²) in [5, 5.41) is 3.46. The lowest BCUT2D eigenvalue weighted by Gasteiger charge is -2.35. The number of primary amides is 1. The number of allylic oxidation sites excluding steroid dienone is 2. The Bertz CT molecular complexity index is 339. The molecule has 0 aromatic carbocycles. The van der Waals surface area contributed by atoms with Crippen LogP contribution >= 0.6 is 0 Å². The van der Waals surface area contributed by atoms with Crippen molar-refractivity contribution in [3.05, 3.63) is 12.2 Å². The molecule has 0 aromatic heterocycles. The summed E-state index contributed by atoms with van der Waals surface area (Å²) in [4.78, 5) is 11.5. The van der Waals surface area contributed by atoms with Crippen molar-refractivity contribution < 1.29 is 4.79 Å². The van der Waals surface area contributed by atoms with E-state index in [-0.39, 0.29) is 5.91 Å². The predicted octanol–water partition coefficient (Wildman–Crippen LogP) is 1.83. The van der Waals surface area contributed by atoms with Crippen molar-refractivity contribution in [1.82, 2.24) is 5.32 Å². The Labute approximate surface area is 104 Å². The predicted molar refractivity (Wildman–Crippen MR) is 69.3 cm³/mol. The molecule has 2 aliphatic rings. The summed E-state index contributed by atoms with van der Waals surface area (Å²) >= 11 is 0. The topological polar surface area (TPSA) is 55.1 Å². The van der Waals surface area contributed by atoms with E-state index in [0.717, 1.165) is 12.3 Å². The first-order valence-corrected chi connectivity index (χ1v) is 6.72. The Hall–Kier alpha value is -0.830. The monoisotopic (exact) mass is 236 g/mol. The Kier molecular flexibility index (Phi) is 3.30. The van der Waals surface area contributed by atoms with E-state index in [1.807, 2.05) is 13.8 Å². The Morgan fingerprint density at radius 2 is 2.24 bits per heavy atom. The summed E-state index contributed by atoms with van der Waals surface area (Å²) in [6.07, 6.45) is 8.00. The van der Waals surface area contributed by atoms with Crippen LogP contribution in [0.5, 0.6) is 0 Å². The molecule has 1 fully saturated rings. The molecule has 2 bridgehead atoms. The van der Waals surface area contributed by atoms with Crippen LogP contribution in [0.2, 0.25) is 0 Å². The van der Waals surface area contributed by atoms with Gasteiger partial charge in [0.05, 0.1) is 5.54 Å². The van der Waals surface area contributed by atoms with Gasteiger partial charge < -0.3 is 11.1 Å². The van der Waals surface area contributed by atoms with E-state index >= 15 is 0 Å². The first-order chi connectivity index (χ1) is 7.96. The highest BCUT2D eigenvalue weighted by atomic mass is 16.1. The average molecular weight is 236 g/mol. The zero-order valence-electron chi connectivity index (χ0n) is 11.1. The lowest BCUT2D eigenvalue weighted by molar-refractivity contribution is -0.124. The van der Waals surface area contributed by atoms with E-state index in [1.165, 1.54) is 12.8 Å². The van der Waals surface area contributed by atoms with Crippen molar-refractivity contribution in [2.24, 2.45) is 23.5 Å². The standard InChI is InChI=1S/C14H24N2O/c1-4-14(3,13(15)17)16-9(2)12-8-10-5-6-11(12)7-10/h5-6,9-12,16H,4,7-8H2,1-3H3,(H2,15,17). The fourth-order valence-electron chi connectivity index (χ4n) is 3.36. The second-order valence-corrected chi connectivity index (χ2v) is 5.93. The molecule has 5 unspecified atom stereocenters. The van der Waals surface area contributed by atoms with Crippen LogP contribution in [0, 0.1) is 17.8 Å². The quantitative estimate of drug-likeness (QED) is 0.716. The maximum atomic E-state index is 11.5. The molecule has 0 spiro atoms. The van der Waals surface area contributed by atoms with Gasteiger partial charge >= 0.3 is 0 Å². The molecule has 2 aliphatic carbocycles. The summed E-state index contributed by atoms with van der Waals surface area (Å²) in [6.45, 7) is 6.11. The van der Waals surface area contributed by atoms with Crippen molar-refractivity contribution >= 4 is 5.91 Å². The summed E-state index contributed by atoms with van der Waals surface area (Å²) < 4.78 is 0. The van der Waals surface area contributed by atoms with Gasteiger partial charge in [0.2, 0.25) is 5.91 Å². The van der Waals surface area contributed by atoms with Crippen LogP contribution in [0.1, 0.15) is 40.0 Å². The molecule has 5 atom stereocenters. The molecule has 2 rings (SSSR count). The van der Waals surface area contributed by atoms with Crippen LogP contribution in [-0.2, 0) is 4.79 Å². The van der Waals surface area contributed by atoms with Crippen LogP contribution < -0.4 is 11.1 Å². The first kappa shape index (κ1) is 12.6. The fourth-order valence-corrected chi connectivity index (χ4v) is 3.36. The molecular formula is C14H24N2O. The van der Waals surface area contributed by atoms with Gasteiger partial charge in [-0.05, 0) is 50.9 Å². The van der Waals surface area contributed by atoms with Crippen LogP contribution in [0.15, 0.2) is 12.2 Å². The van der Waals surface area contributed by atoms with Crippen LogP contribution in [0.3, 0.4) is 0 Å². The lowest BCUT2D eigenvalue weighted by Crippen LogP contribution is -2.57.